The van der Waals surface area contributed by atoms with Gasteiger partial charge >= 0.3 is 0 Å². The first-order valence-electron chi connectivity index (χ1n) is 4.64. The summed E-state index contributed by atoms with van der Waals surface area (Å²) in [4.78, 5) is 0. The molecule has 0 aromatic heterocycles. The lowest BCUT2D eigenvalue weighted by atomic mass is 10.1. The molecular formula is C11H13ClO2. The van der Waals surface area contributed by atoms with Crippen LogP contribution in [0.15, 0.2) is 18.2 Å². The molecular weight excluding hydrogens is 200 g/mol. The molecule has 0 radical (unpaired) electrons. The molecule has 0 saturated heterocycles. The number of rotatable bonds is 0. The summed E-state index contributed by atoms with van der Waals surface area (Å²) in [5.74, 6) is 0.304. The lowest BCUT2D eigenvalue weighted by Gasteiger charge is -2.36. The summed E-state index contributed by atoms with van der Waals surface area (Å²) >= 11 is 5.90. The van der Waals surface area contributed by atoms with Crippen molar-refractivity contribution in [3.63, 3.8) is 0 Å². The highest BCUT2D eigenvalue weighted by Gasteiger charge is 2.31. The highest BCUT2D eigenvalue weighted by molar-refractivity contribution is 6.30. The van der Waals surface area contributed by atoms with Gasteiger partial charge in [0, 0.05) is 24.4 Å². The molecule has 0 N–H and O–H groups in total. The minimum atomic E-state index is -0.555. The minimum Gasteiger partial charge on any atom is -0.463 e. The molecule has 0 unspecified atom stereocenters. The van der Waals surface area contributed by atoms with E-state index >= 15 is 0 Å². The number of halogens is 1. The van der Waals surface area contributed by atoms with Crippen LogP contribution in [0.1, 0.15) is 32.4 Å². The Morgan fingerprint density at radius 1 is 1.36 bits per heavy atom. The van der Waals surface area contributed by atoms with Crippen LogP contribution >= 0.6 is 11.6 Å². The monoisotopic (exact) mass is 212 g/mol. The normalized spacial score (nSPS) is 23.9. The summed E-state index contributed by atoms with van der Waals surface area (Å²) in [5, 5.41) is 0.711. The van der Waals surface area contributed by atoms with Crippen molar-refractivity contribution in [3.05, 3.63) is 28.8 Å². The van der Waals surface area contributed by atoms with Gasteiger partial charge in [0.15, 0.2) is 0 Å². The lowest BCUT2D eigenvalue weighted by Crippen LogP contribution is -2.36. The Morgan fingerprint density at radius 2 is 2.07 bits per heavy atom. The van der Waals surface area contributed by atoms with Crippen LogP contribution in [-0.2, 0) is 4.74 Å². The summed E-state index contributed by atoms with van der Waals surface area (Å²) in [7, 11) is 0. The van der Waals surface area contributed by atoms with Crippen LogP contribution < -0.4 is 4.74 Å². The van der Waals surface area contributed by atoms with Crippen LogP contribution in [0.4, 0.5) is 0 Å². The Kier molecular flexibility index (Phi) is 2.20. The lowest BCUT2D eigenvalue weighted by molar-refractivity contribution is -0.202. The van der Waals surface area contributed by atoms with E-state index in [4.69, 9.17) is 21.1 Å². The first kappa shape index (κ1) is 9.81. The Hall–Kier alpha value is -0.730. The molecule has 0 amide bonds. The molecule has 2 nitrogen and oxygen atoms in total. The molecule has 1 aliphatic rings. The van der Waals surface area contributed by atoms with Crippen molar-refractivity contribution < 1.29 is 9.47 Å². The largest absolute Gasteiger partial charge is 0.463 e. The molecule has 0 aliphatic carbocycles. The van der Waals surface area contributed by atoms with E-state index < -0.39 is 5.79 Å². The van der Waals surface area contributed by atoms with Crippen molar-refractivity contribution in [1.29, 1.82) is 0 Å². The molecule has 0 bridgehead atoms. The topological polar surface area (TPSA) is 18.5 Å². The molecule has 76 valence electrons. The van der Waals surface area contributed by atoms with E-state index in [1.807, 2.05) is 39.0 Å². The van der Waals surface area contributed by atoms with Gasteiger partial charge in [-0.2, -0.15) is 0 Å². The molecule has 1 heterocycles. The molecule has 0 saturated carbocycles. The summed E-state index contributed by atoms with van der Waals surface area (Å²) in [6, 6.07) is 5.60. The van der Waals surface area contributed by atoms with Gasteiger partial charge < -0.3 is 9.47 Å². The Labute approximate surface area is 88.8 Å². The second kappa shape index (κ2) is 3.14. The van der Waals surface area contributed by atoms with Crippen LogP contribution in [0.25, 0.3) is 0 Å². The zero-order chi connectivity index (χ0) is 10.3. The Morgan fingerprint density at radius 3 is 2.79 bits per heavy atom. The second-order valence-electron chi connectivity index (χ2n) is 3.94. The van der Waals surface area contributed by atoms with E-state index in [0.29, 0.717) is 5.02 Å². The zero-order valence-electron chi connectivity index (χ0n) is 8.50. The van der Waals surface area contributed by atoms with E-state index in [2.05, 4.69) is 0 Å². The maximum atomic E-state index is 5.90. The maximum Gasteiger partial charge on any atom is 0.205 e. The van der Waals surface area contributed by atoms with E-state index in [9.17, 15) is 0 Å². The molecule has 1 aliphatic heterocycles. The number of hydrogen-bond acceptors (Lipinski definition) is 2. The highest BCUT2D eigenvalue weighted by atomic mass is 35.5. The van der Waals surface area contributed by atoms with Crippen molar-refractivity contribution in [2.75, 3.05) is 0 Å². The van der Waals surface area contributed by atoms with Crippen LogP contribution in [0.2, 0.25) is 5.02 Å². The average molecular weight is 213 g/mol. The fourth-order valence-electron chi connectivity index (χ4n) is 1.71. The third-order valence-electron chi connectivity index (χ3n) is 2.23. The van der Waals surface area contributed by atoms with Gasteiger partial charge in [-0.3, -0.25) is 0 Å². The van der Waals surface area contributed by atoms with Gasteiger partial charge in [0.2, 0.25) is 5.79 Å². The first-order valence-corrected chi connectivity index (χ1v) is 5.02. The molecule has 1 atom stereocenters. The maximum absolute atomic E-state index is 5.90. The van der Waals surface area contributed by atoms with Crippen molar-refractivity contribution in [2.24, 2.45) is 0 Å². The van der Waals surface area contributed by atoms with Crippen molar-refractivity contribution >= 4 is 11.6 Å². The average Bonchev–Trinajstić information content (AvgIpc) is 2.05. The smallest absolute Gasteiger partial charge is 0.205 e. The minimum absolute atomic E-state index is 0.0208. The van der Waals surface area contributed by atoms with Gasteiger partial charge in [-0.05, 0) is 25.1 Å². The van der Waals surface area contributed by atoms with Crippen molar-refractivity contribution in [2.45, 2.75) is 32.7 Å². The third kappa shape index (κ3) is 1.72. The van der Waals surface area contributed by atoms with Gasteiger partial charge in [0.1, 0.15) is 5.75 Å². The van der Waals surface area contributed by atoms with Gasteiger partial charge in [0.25, 0.3) is 0 Å². The van der Waals surface area contributed by atoms with Crippen LogP contribution in [-0.4, -0.2) is 5.79 Å². The van der Waals surface area contributed by atoms with E-state index in [-0.39, 0.29) is 6.10 Å². The SMILES string of the molecule is C[C@@H]1OC(C)(C)Oc2ccc(Cl)cc21. The summed E-state index contributed by atoms with van der Waals surface area (Å²) < 4.78 is 11.3. The summed E-state index contributed by atoms with van der Waals surface area (Å²) in [6.07, 6.45) is 0.0208. The van der Waals surface area contributed by atoms with Gasteiger partial charge in [-0.1, -0.05) is 11.6 Å². The van der Waals surface area contributed by atoms with Crippen LogP contribution in [0.5, 0.6) is 5.75 Å². The molecule has 2 rings (SSSR count). The third-order valence-corrected chi connectivity index (χ3v) is 2.46. The van der Waals surface area contributed by atoms with Gasteiger partial charge in [-0.25, -0.2) is 0 Å². The van der Waals surface area contributed by atoms with Crippen molar-refractivity contribution in [3.8, 4) is 5.75 Å². The highest BCUT2D eigenvalue weighted by Crippen LogP contribution is 2.39. The first-order chi connectivity index (χ1) is 6.48. The fourth-order valence-corrected chi connectivity index (χ4v) is 1.89. The molecule has 14 heavy (non-hydrogen) atoms. The molecule has 3 heteroatoms. The predicted molar refractivity (Wildman–Crippen MR) is 55.7 cm³/mol. The number of ether oxygens (including phenoxy) is 2. The van der Waals surface area contributed by atoms with Crippen LogP contribution in [0.3, 0.4) is 0 Å². The Balaban J connectivity index is 2.45. The summed E-state index contributed by atoms with van der Waals surface area (Å²) in [5.41, 5.74) is 1.01. The number of fused-ring (bicyclic) bond motifs is 1. The molecule has 1 aromatic carbocycles. The van der Waals surface area contributed by atoms with E-state index in [1.54, 1.807) is 0 Å². The van der Waals surface area contributed by atoms with E-state index in [1.165, 1.54) is 0 Å². The molecule has 0 spiro atoms. The fraction of sp³-hybridized carbons (Fsp3) is 0.455. The van der Waals surface area contributed by atoms with E-state index in [0.717, 1.165) is 11.3 Å². The summed E-state index contributed by atoms with van der Waals surface area (Å²) in [6.45, 7) is 5.81. The second-order valence-corrected chi connectivity index (χ2v) is 4.38. The molecule has 0 fully saturated rings. The number of benzene rings is 1. The molecule has 1 aromatic rings. The van der Waals surface area contributed by atoms with Crippen LogP contribution in [0, 0.1) is 0 Å². The zero-order valence-corrected chi connectivity index (χ0v) is 9.26. The van der Waals surface area contributed by atoms with Crippen molar-refractivity contribution in [1.82, 2.24) is 0 Å². The van der Waals surface area contributed by atoms with Gasteiger partial charge in [-0.15, -0.1) is 0 Å². The standard InChI is InChI=1S/C11H13ClO2/c1-7-9-6-8(12)4-5-10(9)14-11(2,3)13-7/h4-7H,1-3H3/t7-/m0/s1. The van der Waals surface area contributed by atoms with Gasteiger partial charge in [0.05, 0.1) is 6.10 Å². The quantitative estimate of drug-likeness (QED) is 0.655. The predicted octanol–water partition coefficient (Wildman–Crippen LogP) is 3.55. The number of hydrogen-bond donors (Lipinski definition) is 0. The Bertz CT molecular complexity index is 360.